The van der Waals surface area contributed by atoms with Gasteiger partial charge in [-0.15, -0.1) is 12.4 Å². The average Bonchev–Trinajstić information content (AvgIpc) is 1.64. The van der Waals surface area contributed by atoms with Crippen LogP contribution in [0.4, 0.5) is 40.7 Å². The van der Waals surface area contributed by atoms with Gasteiger partial charge in [0, 0.05) is 134 Å². The fourth-order valence-corrected chi connectivity index (χ4v) is 17.0. The summed E-state index contributed by atoms with van der Waals surface area (Å²) in [6.45, 7) is 21.5. The van der Waals surface area contributed by atoms with Gasteiger partial charge in [-0.1, -0.05) is 19.3 Å². The molecule has 16 aromatic rings. The standard InChI is InChI=1S/C39H48N12O4.C28H29F3N8O2.C24H22F3N7.ClH/c1-38(2,3)54-36(52)46-13-9-29(10-14-46)48-23-27(19-42-48)26-17-34-33(40-18-26)22-44-50(34)25-31-21-41-35-8-7-32(45-51(31)35)28-20-43-49(24-28)30-11-15-47(16-12-30)37(53)55-39(4,5)6;1-27(2,3)41-26(40)36-8-6-21(7-9-36)38-15-19(12-34-38)18-10-24-23(32-11-18)14-35-39(24)17-22-13-33-25-5-4-20(16-37(22)25)28(29,30)31;25-24(26,27)18-6-7-23-29-11-20(32(23)14-18)15-34-22-8-16(9-28-21(22)12-31-34)17-10-30-33(13-17)19-4-2-1-3-5-19;/h7-8,17-24,29-30H,9-16,25H2,1-6H3;4-5,10-16,21H,6-9,17H2,1-3H3;6-14,19H,1-5,15H2;1H. The van der Waals surface area contributed by atoms with Crippen LogP contribution in [0, 0.1) is 0 Å². The van der Waals surface area contributed by atoms with Gasteiger partial charge in [0.05, 0.1) is 156 Å². The number of likely N-dealkylation sites (tertiary alicyclic amines) is 3. The molecule has 0 atom stereocenters. The van der Waals surface area contributed by atoms with Crippen molar-refractivity contribution in [2.75, 3.05) is 39.3 Å². The van der Waals surface area contributed by atoms with Crippen LogP contribution in [0.25, 0.3) is 94.7 Å². The lowest BCUT2D eigenvalue weighted by Crippen LogP contribution is -2.42. The molecule has 4 aliphatic rings. The van der Waals surface area contributed by atoms with Crippen LogP contribution in [0.1, 0.15) is 185 Å². The minimum atomic E-state index is -4.45. The van der Waals surface area contributed by atoms with E-state index < -0.39 is 40.3 Å². The Morgan fingerprint density at radius 1 is 0.344 bits per heavy atom. The lowest BCUT2D eigenvalue weighted by Gasteiger charge is -2.33. The van der Waals surface area contributed by atoms with E-state index in [9.17, 15) is 40.7 Å². The van der Waals surface area contributed by atoms with Crippen molar-refractivity contribution in [3.63, 3.8) is 0 Å². The Balaban J connectivity index is 0.000000141. The molecule has 0 spiro atoms. The average molecular weight is 1820 g/mol. The zero-order chi connectivity index (χ0) is 90.7. The van der Waals surface area contributed by atoms with E-state index in [-0.39, 0.29) is 61.9 Å². The fourth-order valence-electron chi connectivity index (χ4n) is 17.0. The van der Waals surface area contributed by atoms with Gasteiger partial charge in [0.2, 0.25) is 0 Å². The van der Waals surface area contributed by atoms with E-state index in [1.54, 1.807) is 73.6 Å². The minimum Gasteiger partial charge on any atom is -0.444 e. The molecule has 0 N–H and O–H groups in total. The summed E-state index contributed by atoms with van der Waals surface area (Å²) < 4.78 is 114. The molecule has 3 saturated heterocycles. The number of nitrogens with zero attached hydrogens (tertiary/aromatic N) is 27. The van der Waals surface area contributed by atoms with Crippen LogP contribution in [0.3, 0.4) is 0 Å². The van der Waals surface area contributed by atoms with Gasteiger partial charge in [-0.3, -0.25) is 47.7 Å². The predicted octanol–water partition coefficient (Wildman–Crippen LogP) is 17.9. The van der Waals surface area contributed by atoms with Crippen LogP contribution < -0.4 is 0 Å². The molecular formula is C91H100ClF6N27O6. The molecule has 0 unspecified atom stereocenters. The molecule has 0 bridgehead atoms. The minimum absolute atomic E-state index is 0. The molecule has 40 heteroatoms. The highest BCUT2D eigenvalue weighted by atomic mass is 35.5. The molecule has 3 amide bonds. The normalized spacial score (nSPS) is 15.6. The van der Waals surface area contributed by atoms with Crippen molar-refractivity contribution >= 4 is 80.7 Å². The van der Waals surface area contributed by atoms with Gasteiger partial charge < -0.3 is 37.7 Å². The second-order valence-electron chi connectivity index (χ2n) is 36.5. The lowest BCUT2D eigenvalue weighted by molar-refractivity contribution is -0.138. The number of aromatic nitrogens is 24. The Morgan fingerprint density at radius 2 is 0.664 bits per heavy atom. The Labute approximate surface area is 753 Å². The largest absolute Gasteiger partial charge is 0.444 e. The zero-order valence-electron chi connectivity index (χ0n) is 73.8. The first-order valence-corrected chi connectivity index (χ1v) is 43.6. The van der Waals surface area contributed by atoms with E-state index in [0.717, 1.165) is 154 Å². The Hall–Kier alpha value is -13.6. The topological polar surface area (TPSA) is 317 Å². The molecule has 4 fully saturated rings. The smallest absolute Gasteiger partial charge is 0.417 e. The van der Waals surface area contributed by atoms with Gasteiger partial charge in [-0.05, 0) is 168 Å². The van der Waals surface area contributed by atoms with Crippen LogP contribution in [0.5, 0.6) is 0 Å². The highest BCUT2D eigenvalue weighted by molar-refractivity contribution is 5.85. The first-order valence-electron chi connectivity index (χ1n) is 43.6. The third-order valence-corrected chi connectivity index (χ3v) is 23.8. The monoisotopic (exact) mass is 1820 g/mol. The summed E-state index contributed by atoms with van der Waals surface area (Å²) >= 11 is 0. The predicted molar refractivity (Wildman–Crippen MR) is 476 cm³/mol. The molecule has 1 saturated carbocycles. The van der Waals surface area contributed by atoms with Crippen LogP contribution >= 0.6 is 12.4 Å². The summed E-state index contributed by atoms with van der Waals surface area (Å²) in [5.41, 5.74) is 12.5. The maximum absolute atomic E-state index is 13.3. The van der Waals surface area contributed by atoms with Crippen molar-refractivity contribution in [3.8, 4) is 44.6 Å². The van der Waals surface area contributed by atoms with Gasteiger partial charge in [0.15, 0.2) is 5.65 Å². The third-order valence-electron chi connectivity index (χ3n) is 23.8. The molecule has 33 nitrogen and oxygen atoms in total. The summed E-state index contributed by atoms with van der Waals surface area (Å²) in [4.78, 5) is 69.7. The number of fused-ring (bicyclic) bond motifs is 6. The van der Waals surface area contributed by atoms with Gasteiger partial charge in [0.1, 0.15) is 44.6 Å². The molecule has 0 aromatic carbocycles. The summed E-state index contributed by atoms with van der Waals surface area (Å²) in [6, 6.07) is 15.7. The molecule has 16 aromatic heterocycles. The van der Waals surface area contributed by atoms with E-state index in [2.05, 4.69) is 78.7 Å². The van der Waals surface area contributed by atoms with Crippen LogP contribution in [0.15, 0.2) is 172 Å². The fraction of sp³-hybridized carbons (Fsp3) is 0.418. The summed E-state index contributed by atoms with van der Waals surface area (Å²) in [6.07, 6.45) is 34.2. The van der Waals surface area contributed by atoms with Gasteiger partial charge >= 0.3 is 30.6 Å². The first kappa shape index (κ1) is 89.4. The summed E-state index contributed by atoms with van der Waals surface area (Å²) in [5.74, 6) is 0. The van der Waals surface area contributed by atoms with Gasteiger partial charge in [-0.25, -0.2) is 33.9 Å². The molecule has 0 radical (unpaired) electrons. The lowest BCUT2D eigenvalue weighted by atomic mass is 9.96. The van der Waals surface area contributed by atoms with Crippen molar-refractivity contribution in [3.05, 3.63) is 201 Å². The number of carbonyl (C=O) groups is 3. The number of alkyl halides is 6. The maximum atomic E-state index is 13.3. The number of amides is 3. The number of pyridine rings is 5. The first-order chi connectivity index (χ1) is 62.2. The number of piperidine rings is 3. The number of ether oxygens (including phenoxy) is 3. The Bertz CT molecular complexity index is 6630. The van der Waals surface area contributed by atoms with Crippen molar-refractivity contribution < 1.29 is 54.9 Å². The van der Waals surface area contributed by atoms with Crippen molar-refractivity contribution in [1.82, 2.24) is 131 Å². The molecule has 3 aliphatic heterocycles. The summed E-state index contributed by atoms with van der Waals surface area (Å²) in [7, 11) is 0. The molecule has 131 heavy (non-hydrogen) atoms. The van der Waals surface area contributed by atoms with E-state index in [1.807, 2.05) is 153 Å². The van der Waals surface area contributed by atoms with E-state index in [4.69, 9.17) is 29.4 Å². The van der Waals surface area contributed by atoms with Crippen LogP contribution in [-0.4, -0.2) is 206 Å². The highest BCUT2D eigenvalue weighted by Gasteiger charge is 2.36. The number of rotatable bonds is 14. The van der Waals surface area contributed by atoms with Crippen molar-refractivity contribution in [2.45, 2.75) is 206 Å². The molecule has 20 rings (SSSR count). The van der Waals surface area contributed by atoms with Crippen molar-refractivity contribution in [1.29, 1.82) is 0 Å². The van der Waals surface area contributed by atoms with E-state index in [0.29, 0.717) is 85.6 Å². The zero-order valence-corrected chi connectivity index (χ0v) is 74.6. The number of imidazole rings is 3. The summed E-state index contributed by atoms with van der Waals surface area (Å²) in [5, 5.41) is 37.1. The molecule has 684 valence electrons. The second-order valence-corrected chi connectivity index (χ2v) is 36.5. The number of hydrogen-bond acceptors (Lipinski definition) is 20. The van der Waals surface area contributed by atoms with E-state index in [1.165, 1.54) is 40.2 Å². The van der Waals surface area contributed by atoms with Gasteiger partial charge in [0.25, 0.3) is 0 Å². The maximum Gasteiger partial charge on any atom is 0.417 e. The second kappa shape index (κ2) is 36.0. The quantitative estimate of drug-likeness (QED) is 0.0721. The Morgan fingerprint density at radius 3 is 1.02 bits per heavy atom. The number of halogens is 7. The third kappa shape index (κ3) is 20.1. The SMILES string of the molecule is CC(C)(C)OC(=O)N1CCC(n2cc(-c3cnc4cnn(Cc5cnc6ccc(-c7cnn(C8CCN(C(=O)OC(C)(C)C)CC8)c7)nn56)c4c3)cn2)CC1.CC(C)(C)OC(=O)N1CCC(n2cc(-c3cnc4cnn(Cc5cnc6ccc(C(F)(F)F)cn56)c4c3)cn2)CC1.Cl.FC(F)(F)c1ccc2ncc(Cn3ncc4ncc(-c5cnn(C6CCCCC6)c5)cc43)n2c1. The van der Waals surface area contributed by atoms with Crippen LogP contribution in [0.2, 0.25) is 0 Å². The number of hydrogen-bond donors (Lipinski definition) is 0. The molecular weight excluding hydrogens is 1720 g/mol. The highest BCUT2D eigenvalue weighted by Crippen LogP contribution is 2.37. The molecule has 19 heterocycles. The molecule has 1 aliphatic carbocycles. The Kier molecular flexibility index (Phi) is 24.6. The van der Waals surface area contributed by atoms with Crippen LogP contribution in [-0.2, 0) is 46.2 Å². The van der Waals surface area contributed by atoms with Gasteiger partial charge in [-0.2, -0.15) is 67.1 Å². The number of carbonyl (C=O) groups excluding carboxylic acids is 3. The van der Waals surface area contributed by atoms with E-state index >= 15 is 0 Å². The van der Waals surface area contributed by atoms with Crippen molar-refractivity contribution in [2.24, 2.45) is 0 Å².